The summed E-state index contributed by atoms with van der Waals surface area (Å²) in [6, 6.07) is 4.67. The van der Waals surface area contributed by atoms with Crippen molar-refractivity contribution in [3.63, 3.8) is 0 Å². The molecule has 2 N–H and O–H groups in total. The molecule has 2 aromatic rings. The van der Waals surface area contributed by atoms with Crippen LogP contribution in [0.4, 0.5) is 4.39 Å². The maximum atomic E-state index is 13.3. The number of nitrogens with two attached hydrogens (primary N) is 1. The highest BCUT2D eigenvalue weighted by Crippen LogP contribution is 2.38. The molecule has 0 unspecified atom stereocenters. The minimum atomic E-state index is -0.479. The molecular weight excluding hydrogens is 233 g/mol. The van der Waals surface area contributed by atoms with Crippen LogP contribution >= 0.6 is 0 Å². The predicted octanol–water partition coefficient (Wildman–Crippen LogP) is 2.52. The molecule has 0 atom stereocenters. The number of aryl methyl sites for hydroxylation is 1. The van der Waals surface area contributed by atoms with E-state index < -0.39 is 5.54 Å². The number of hydrogen-bond donors (Lipinski definition) is 1. The van der Waals surface area contributed by atoms with Crippen LogP contribution in [0.25, 0.3) is 11.4 Å². The fourth-order valence-corrected chi connectivity index (χ4v) is 2.18. The lowest BCUT2D eigenvalue weighted by molar-refractivity contribution is 0.181. The topological polar surface area (TPSA) is 64.9 Å². The number of aromatic nitrogens is 2. The summed E-state index contributed by atoms with van der Waals surface area (Å²) >= 11 is 0. The summed E-state index contributed by atoms with van der Waals surface area (Å²) in [7, 11) is 0. The van der Waals surface area contributed by atoms with E-state index in [0.29, 0.717) is 17.3 Å². The summed E-state index contributed by atoms with van der Waals surface area (Å²) in [6.45, 7) is 1.82. The van der Waals surface area contributed by atoms with Crippen LogP contribution in [0.5, 0.6) is 0 Å². The van der Waals surface area contributed by atoms with E-state index in [0.717, 1.165) is 24.8 Å². The van der Waals surface area contributed by atoms with Gasteiger partial charge in [0, 0.05) is 5.56 Å². The van der Waals surface area contributed by atoms with Crippen LogP contribution in [-0.2, 0) is 5.54 Å². The van der Waals surface area contributed by atoms with Gasteiger partial charge in [-0.2, -0.15) is 4.98 Å². The third kappa shape index (κ3) is 1.80. The molecule has 0 aliphatic heterocycles. The van der Waals surface area contributed by atoms with Crippen LogP contribution in [-0.4, -0.2) is 10.1 Å². The van der Waals surface area contributed by atoms with Crippen molar-refractivity contribution in [3.8, 4) is 11.4 Å². The Bertz CT molecular complexity index is 569. The molecule has 1 aromatic carbocycles. The molecule has 0 spiro atoms. The third-order valence-electron chi connectivity index (χ3n) is 3.40. The number of hydrogen-bond acceptors (Lipinski definition) is 4. The van der Waals surface area contributed by atoms with E-state index in [2.05, 4.69) is 10.1 Å². The van der Waals surface area contributed by atoms with Gasteiger partial charge in [-0.1, -0.05) is 5.16 Å². The monoisotopic (exact) mass is 247 g/mol. The van der Waals surface area contributed by atoms with Crippen LogP contribution < -0.4 is 5.73 Å². The van der Waals surface area contributed by atoms with Gasteiger partial charge in [0.1, 0.15) is 5.82 Å². The summed E-state index contributed by atoms with van der Waals surface area (Å²) in [5, 5.41) is 3.88. The van der Waals surface area contributed by atoms with Gasteiger partial charge < -0.3 is 10.3 Å². The Morgan fingerprint density at radius 3 is 2.72 bits per heavy atom. The third-order valence-corrected chi connectivity index (χ3v) is 3.40. The van der Waals surface area contributed by atoms with E-state index in [-0.39, 0.29) is 5.82 Å². The Hall–Kier alpha value is -1.75. The summed E-state index contributed by atoms with van der Waals surface area (Å²) in [6.07, 6.45) is 2.79. The Labute approximate surface area is 104 Å². The molecule has 0 bridgehead atoms. The normalized spacial score (nSPS) is 17.5. The van der Waals surface area contributed by atoms with E-state index in [1.54, 1.807) is 0 Å². The van der Waals surface area contributed by atoms with Crippen LogP contribution in [0.15, 0.2) is 22.7 Å². The molecule has 4 nitrogen and oxygen atoms in total. The van der Waals surface area contributed by atoms with Crippen molar-refractivity contribution in [2.75, 3.05) is 0 Å². The molecule has 0 saturated heterocycles. The average molecular weight is 247 g/mol. The number of benzene rings is 1. The Morgan fingerprint density at radius 1 is 1.33 bits per heavy atom. The highest BCUT2D eigenvalue weighted by atomic mass is 19.1. The first-order valence-electron chi connectivity index (χ1n) is 5.97. The second-order valence-electron chi connectivity index (χ2n) is 4.95. The van der Waals surface area contributed by atoms with Gasteiger partial charge in [-0.15, -0.1) is 0 Å². The first kappa shape index (κ1) is 11.3. The van der Waals surface area contributed by atoms with Crippen molar-refractivity contribution >= 4 is 0 Å². The maximum absolute atomic E-state index is 13.3. The molecule has 1 aromatic heterocycles. The molecule has 5 heteroatoms. The summed E-state index contributed by atoms with van der Waals surface area (Å²) < 4.78 is 18.5. The highest BCUT2D eigenvalue weighted by Gasteiger charge is 2.39. The van der Waals surface area contributed by atoms with E-state index in [1.165, 1.54) is 12.1 Å². The lowest BCUT2D eigenvalue weighted by Crippen LogP contribution is -2.43. The zero-order chi connectivity index (χ0) is 12.8. The van der Waals surface area contributed by atoms with Crippen molar-refractivity contribution in [1.29, 1.82) is 0 Å². The van der Waals surface area contributed by atoms with Crippen molar-refractivity contribution in [2.45, 2.75) is 31.7 Å². The first-order valence-corrected chi connectivity index (χ1v) is 5.97. The van der Waals surface area contributed by atoms with Crippen LogP contribution in [0, 0.1) is 12.7 Å². The second-order valence-corrected chi connectivity index (χ2v) is 4.95. The standard InChI is InChI=1S/C13H14FN3O/c1-8-5-9(7-10(14)6-8)11-16-12(18-17-11)13(15)3-2-4-13/h5-7H,2-4,15H2,1H3. The van der Waals surface area contributed by atoms with Gasteiger partial charge in [0.15, 0.2) is 0 Å². The van der Waals surface area contributed by atoms with Gasteiger partial charge in [0.2, 0.25) is 11.7 Å². The Balaban J connectivity index is 1.97. The second kappa shape index (κ2) is 3.88. The summed E-state index contributed by atoms with van der Waals surface area (Å²) in [5.74, 6) is 0.539. The largest absolute Gasteiger partial charge is 0.337 e. The Morgan fingerprint density at radius 2 is 2.11 bits per heavy atom. The van der Waals surface area contributed by atoms with Gasteiger partial charge in [-0.05, 0) is 49.9 Å². The molecule has 1 fully saturated rings. The summed E-state index contributed by atoms with van der Waals surface area (Å²) in [4.78, 5) is 4.29. The first-order chi connectivity index (χ1) is 8.57. The van der Waals surface area contributed by atoms with Gasteiger partial charge in [0.05, 0.1) is 5.54 Å². The fourth-order valence-electron chi connectivity index (χ4n) is 2.18. The quantitative estimate of drug-likeness (QED) is 0.885. The zero-order valence-corrected chi connectivity index (χ0v) is 10.1. The van der Waals surface area contributed by atoms with Crippen molar-refractivity contribution in [1.82, 2.24) is 10.1 Å². The van der Waals surface area contributed by atoms with Crippen molar-refractivity contribution < 1.29 is 8.91 Å². The van der Waals surface area contributed by atoms with Gasteiger partial charge in [0.25, 0.3) is 0 Å². The molecule has 1 saturated carbocycles. The van der Waals surface area contributed by atoms with Crippen molar-refractivity contribution in [2.24, 2.45) is 5.73 Å². The van der Waals surface area contributed by atoms with Gasteiger partial charge in [-0.3, -0.25) is 0 Å². The van der Waals surface area contributed by atoms with E-state index in [4.69, 9.17) is 10.3 Å². The molecule has 1 heterocycles. The van der Waals surface area contributed by atoms with Crippen LogP contribution in [0.3, 0.4) is 0 Å². The predicted molar refractivity (Wildman–Crippen MR) is 64.1 cm³/mol. The number of halogens is 1. The van der Waals surface area contributed by atoms with Crippen molar-refractivity contribution in [3.05, 3.63) is 35.5 Å². The smallest absolute Gasteiger partial charge is 0.247 e. The van der Waals surface area contributed by atoms with Crippen LogP contribution in [0.1, 0.15) is 30.7 Å². The minimum absolute atomic E-state index is 0.303. The fraction of sp³-hybridized carbons (Fsp3) is 0.385. The van der Waals surface area contributed by atoms with E-state index in [1.807, 2.05) is 13.0 Å². The van der Waals surface area contributed by atoms with Gasteiger partial charge in [-0.25, -0.2) is 4.39 Å². The number of rotatable bonds is 2. The minimum Gasteiger partial charge on any atom is -0.337 e. The average Bonchev–Trinajstić information content (AvgIpc) is 2.74. The maximum Gasteiger partial charge on any atom is 0.247 e. The molecule has 3 rings (SSSR count). The molecule has 1 aliphatic carbocycles. The highest BCUT2D eigenvalue weighted by molar-refractivity contribution is 5.55. The van der Waals surface area contributed by atoms with Crippen LogP contribution in [0.2, 0.25) is 0 Å². The van der Waals surface area contributed by atoms with E-state index in [9.17, 15) is 4.39 Å². The SMILES string of the molecule is Cc1cc(F)cc(-c2noc(C3(N)CCC3)n2)c1. The zero-order valence-electron chi connectivity index (χ0n) is 10.1. The molecular formula is C13H14FN3O. The van der Waals surface area contributed by atoms with Gasteiger partial charge >= 0.3 is 0 Å². The number of nitrogens with zero attached hydrogens (tertiary/aromatic N) is 2. The lowest BCUT2D eigenvalue weighted by atomic mass is 9.78. The lowest BCUT2D eigenvalue weighted by Gasteiger charge is -2.33. The molecule has 0 radical (unpaired) electrons. The molecule has 1 aliphatic rings. The molecule has 0 amide bonds. The Kier molecular flexibility index (Phi) is 2.45. The molecule has 18 heavy (non-hydrogen) atoms. The molecule has 94 valence electrons. The summed E-state index contributed by atoms with van der Waals surface area (Å²) in [5.41, 5.74) is 7.06. The van der Waals surface area contributed by atoms with E-state index >= 15 is 0 Å².